The van der Waals surface area contributed by atoms with Gasteiger partial charge < -0.3 is 5.32 Å². The number of aromatic nitrogens is 1. The number of hydrogen-bond donors (Lipinski definition) is 2. The molecule has 0 atom stereocenters. The van der Waals surface area contributed by atoms with E-state index < -0.39 is 10.0 Å². The molecule has 0 spiro atoms. The van der Waals surface area contributed by atoms with Crippen molar-refractivity contribution < 1.29 is 8.42 Å². The molecule has 2 rings (SSSR count). The van der Waals surface area contributed by atoms with Gasteiger partial charge in [-0.15, -0.1) is 22.7 Å². The first-order valence-electron chi connectivity index (χ1n) is 6.59. The fourth-order valence-corrected chi connectivity index (χ4v) is 4.76. The predicted octanol–water partition coefficient (Wildman–Crippen LogP) is 2.49. The van der Waals surface area contributed by atoms with Crippen LogP contribution in [0.3, 0.4) is 0 Å². The van der Waals surface area contributed by atoms with Crippen LogP contribution >= 0.6 is 22.7 Å². The molecule has 0 fully saturated rings. The molecule has 116 valence electrons. The van der Waals surface area contributed by atoms with Crippen molar-refractivity contribution in [3.05, 3.63) is 33.1 Å². The summed E-state index contributed by atoms with van der Waals surface area (Å²) in [5.74, 6) is 0. The molecule has 0 amide bonds. The molecule has 0 unspecified atom stereocenters. The SMILES string of the molecule is Cc1csc(CNS(=O)(=O)c2ccc(CNC(C)C)s2)n1. The monoisotopic (exact) mass is 345 g/mol. The lowest BCUT2D eigenvalue weighted by molar-refractivity contribution is 0.583. The number of hydrogen-bond acceptors (Lipinski definition) is 6. The molecule has 0 aromatic carbocycles. The standard InChI is InChI=1S/C13H19N3O2S3/c1-9(2)14-6-11-4-5-13(20-11)21(17,18)15-7-12-16-10(3)8-19-12/h4-5,8-9,14-15H,6-7H2,1-3H3. The number of rotatable bonds is 7. The van der Waals surface area contributed by atoms with Gasteiger partial charge in [-0.05, 0) is 19.1 Å². The van der Waals surface area contributed by atoms with E-state index in [1.165, 1.54) is 22.7 Å². The van der Waals surface area contributed by atoms with Crippen molar-refractivity contribution in [2.75, 3.05) is 0 Å². The molecule has 0 aliphatic heterocycles. The van der Waals surface area contributed by atoms with Gasteiger partial charge in [0.2, 0.25) is 10.0 Å². The Bertz CT molecular complexity index is 689. The zero-order valence-corrected chi connectivity index (χ0v) is 14.7. The van der Waals surface area contributed by atoms with Crippen LogP contribution in [0.1, 0.15) is 29.4 Å². The lowest BCUT2D eigenvalue weighted by Crippen LogP contribution is -2.22. The maximum absolute atomic E-state index is 12.2. The quantitative estimate of drug-likeness (QED) is 0.809. The average molecular weight is 346 g/mol. The van der Waals surface area contributed by atoms with Crippen molar-refractivity contribution in [1.82, 2.24) is 15.0 Å². The first kappa shape index (κ1) is 16.6. The summed E-state index contributed by atoms with van der Waals surface area (Å²) in [6.07, 6.45) is 0. The highest BCUT2D eigenvalue weighted by molar-refractivity contribution is 7.91. The highest BCUT2D eigenvalue weighted by atomic mass is 32.2. The van der Waals surface area contributed by atoms with Crippen molar-refractivity contribution in [2.24, 2.45) is 0 Å². The molecule has 2 aromatic rings. The van der Waals surface area contributed by atoms with Crippen LogP contribution in [0.4, 0.5) is 0 Å². The Morgan fingerprint density at radius 2 is 2.05 bits per heavy atom. The normalized spacial score (nSPS) is 12.2. The van der Waals surface area contributed by atoms with Gasteiger partial charge in [-0.3, -0.25) is 0 Å². The fourth-order valence-electron chi connectivity index (χ4n) is 1.61. The van der Waals surface area contributed by atoms with E-state index in [1.807, 2.05) is 18.4 Å². The first-order chi connectivity index (χ1) is 9.87. The second kappa shape index (κ2) is 6.97. The molecule has 0 bridgehead atoms. The Morgan fingerprint density at radius 1 is 1.29 bits per heavy atom. The summed E-state index contributed by atoms with van der Waals surface area (Å²) >= 11 is 2.75. The molecule has 8 heteroatoms. The molecular weight excluding hydrogens is 326 g/mol. The molecule has 2 aromatic heterocycles. The summed E-state index contributed by atoms with van der Waals surface area (Å²) in [7, 11) is -3.46. The third kappa shape index (κ3) is 4.86. The Morgan fingerprint density at radius 3 is 2.67 bits per heavy atom. The lowest BCUT2D eigenvalue weighted by Gasteiger charge is -2.05. The summed E-state index contributed by atoms with van der Waals surface area (Å²) in [6.45, 7) is 6.93. The molecule has 21 heavy (non-hydrogen) atoms. The number of nitrogens with one attached hydrogen (secondary N) is 2. The van der Waals surface area contributed by atoms with Gasteiger partial charge in [0, 0.05) is 28.5 Å². The van der Waals surface area contributed by atoms with Gasteiger partial charge >= 0.3 is 0 Å². The predicted molar refractivity (Wildman–Crippen MR) is 87.2 cm³/mol. The third-order valence-corrected chi connectivity index (χ3v) is 6.61. The highest BCUT2D eigenvalue weighted by Crippen LogP contribution is 2.22. The fraction of sp³-hybridized carbons (Fsp3) is 0.462. The summed E-state index contributed by atoms with van der Waals surface area (Å²) in [5.41, 5.74) is 0.910. The van der Waals surface area contributed by atoms with E-state index in [0.29, 0.717) is 16.8 Å². The second-order valence-electron chi connectivity index (χ2n) is 4.96. The van der Waals surface area contributed by atoms with Gasteiger partial charge in [-0.25, -0.2) is 18.1 Å². The average Bonchev–Trinajstić information content (AvgIpc) is 3.03. The maximum atomic E-state index is 12.2. The van der Waals surface area contributed by atoms with Crippen LogP contribution in [-0.4, -0.2) is 19.4 Å². The van der Waals surface area contributed by atoms with Crippen LogP contribution in [0.2, 0.25) is 0 Å². The zero-order chi connectivity index (χ0) is 15.5. The summed E-state index contributed by atoms with van der Waals surface area (Å²) in [4.78, 5) is 5.25. The second-order valence-corrected chi connectivity index (χ2v) is 9.07. The van der Waals surface area contributed by atoms with Crippen LogP contribution in [0.15, 0.2) is 21.7 Å². The van der Waals surface area contributed by atoms with Crippen LogP contribution < -0.4 is 10.0 Å². The van der Waals surface area contributed by atoms with Crippen molar-refractivity contribution in [2.45, 2.75) is 44.1 Å². The summed E-state index contributed by atoms with van der Waals surface area (Å²) < 4.78 is 27.4. The molecule has 0 radical (unpaired) electrons. The minimum absolute atomic E-state index is 0.234. The van der Waals surface area contributed by atoms with Gasteiger partial charge in [0.1, 0.15) is 9.22 Å². The Labute approximate surface area is 133 Å². The summed E-state index contributed by atoms with van der Waals surface area (Å²) in [6, 6.07) is 3.87. The van der Waals surface area contributed by atoms with Crippen LogP contribution in [0.5, 0.6) is 0 Å². The number of sulfonamides is 1. The number of nitrogens with zero attached hydrogens (tertiary/aromatic N) is 1. The summed E-state index contributed by atoms with van der Waals surface area (Å²) in [5, 5.41) is 5.95. The van der Waals surface area contributed by atoms with E-state index >= 15 is 0 Å². The van der Waals surface area contributed by atoms with E-state index in [9.17, 15) is 8.42 Å². The highest BCUT2D eigenvalue weighted by Gasteiger charge is 2.17. The maximum Gasteiger partial charge on any atom is 0.250 e. The Hall–Kier alpha value is -0.800. The van der Waals surface area contributed by atoms with Gasteiger partial charge in [0.15, 0.2) is 0 Å². The Balaban J connectivity index is 1.99. The van der Waals surface area contributed by atoms with Gasteiger partial charge in [-0.1, -0.05) is 13.8 Å². The van der Waals surface area contributed by atoms with E-state index in [-0.39, 0.29) is 6.54 Å². The first-order valence-corrected chi connectivity index (χ1v) is 9.77. The van der Waals surface area contributed by atoms with Crippen molar-refractivity contribution in [1.29, 1.82) is 0 Å². The van der Waals surface area contributed by atoms with Gasteiger partial charge in [0.25, 0.3) is 0 Å². The Kier molecular flexibility index (Phi) is 5.50. The largest absolute Gasteiger partial charge is 0.310 e. The molecule has 2 heterocycles. The van der Waals surface area contributed by atoms with Crippen molar-refractivity contribution in [3.8, 4) is 0 Å². The van der Waals surface area contributed by atoms with E-state index in [0.717, 1.165) is 15.6 Å². The van der Waals surface area contributed by atoms with Gasteiger partial charge in [0.05, 0.1) is 6.54 Å². The minimum atomic E-state index is -3.46. The van der Waals surface area contributed by atoms with Crippen LogP contribution in [0.25, 0.3) is 0 Å². The molecule has 0 aliphatic carbocycles. The van der Waals surface area contributed by atoms with E-state index in [1.54, 1.807) is 6.07 Å². The molecule has 5 nitrogen and oxygen atoms in total. The van der Waals surface area contributed by atoms with Crippen LogP contribution in [0, 0.1) is 6.92 Å². The molecule has 0 saturated carbocycles. The van der Waals surface area contributed by atoms with Crippen molar-refractivity contribution >= 4 is 32.7 Å². The zero-order valence-electron chi connectivity index (χ0n) is 12.2. The van der Waals surface area contributed by atoms with E-state index in [2.05, 4.69) is 28.9 Å². The lowest BCUT2D eigenvalue weighted by atomic mass is 10.4. The van der Waals surface area contributed by atoms with E-state index in [4.69, 9.17) is 0 Å². The topological polar surface area (TPSA) is 71.1 Å². The minimum Gasteiger partial charge on any atom is -0.310 e. The van der Waals surface area contributed by atoms with Crippen LogP contribution in [-0.2, 0) is 23.1 Å². The third-order valence-electron chi connectivity index (χ3n) is 2.67. The molecule has 2 N–H and O–H groups in total. The number of thiophene rings is 1. The van der Waals surface area contributed by atoms with Crippen molar-refractivity contribution in [3.63, 3.8) is 0 Å². The molecular formula is C13H19N3O2S3. The molecule has 0 aliphatic rings. The smallest absolute Gasteiger partial charge is 0.250 e. The van der Waals surface area contributed by atoms with Gasteiger partial charge in [-0.2, -0.15) is 0 Å². The number of thiazole rings is 1. The number of aryl methyl sites for hydroxylation is 1. The molecule has 0 saturated heterocycles.